The molecule has 0 heterocycles. The van der Waals surface area contributed by atoms with Crippen LogP contribution in [0, 0.1) is 0 Å². The van der Waals surface area contributed by atoms with Crippen molar-refractivity contribution in [3.05, 3.63) is 56.6 Å². The molecule has 1 rings (SSSR count). The predicted octanol–water partition coefficient (Wildman–Crippen LogP) is 3.00. The van der Waals surface area contributed by atoms with E-state index in [-0.39, 0.29) is 0 Å². The lowest BCUT2D eigenvalue weighted by atomic mass is 10.3. The maximum absolute atomic E-state index is 8.63. The lowest BCUT2D eigenvalue weighted by molar-refractivity contribution is 0.475. The van der Waals surface area contributed by atoms with Gasteiger partial charge in [0.05, 0.1) is 0 Å². The van der Waals surface area contributed by atoms with Crippen LogP contribution < -0.4 is 0 Å². The summed E-state index contributed by atoms with van der Waals surface area (Å²) in [5, 5.41) is 8.63. The van der Waals surface area contributed by atoms with E-state index in [1.54, 1.807) is 24.3 Å². The van der Waals surface area contributed by atoms with Crippen LogP contribution in [0.3, 0.4) is 0 Å². The average molecular weight is 150 g/mol. The summed E-state index contributed by atoms with van der Waals surface area (Å²) < 4.78 is 0. The molecule has 0 fully saturated rings. The van der Waals surface area contributed by atoms with E-state index in [2.05, 4.69) is 26.3 Å². The van der Waals surface area contributed by atoms with Crippen molar-refractivity contribution in [2.75, 3.05) is 0 Å². The van der Waals surface area contributed by atoms with Gasteiger partial charge in [-0.2, -0.15) is 0 Å². The molecule has 60 valence electrons. The van der Waals surface area contributed by atoms with Crippen molar-refractivity contribution in [1.29, 1.82) is 0 Å². The van der Waals surface area contributed by atoms with Gasteiger partial charge in [0.25, 0.3) is 0 Å². The number of hydrogen-bond donors (Lipinski definition) is 1. The van der Waals surface area contributed by atoms with E-state index in [0.717, 1.165) is 0 Å². The molecule has 0 aliphatic heterocycles. The van der Waals surface area contributed by atoms with Crippen LogP contribution in [0.5, 0.6) is 5.75 Å². The number of benzene rings is 1. The molecule has 0 atom stereocenters. The molecule has 0 aliphatic carbocycles. The number of phenols is 1. The summed E-state index contributed by atoms with van der Waals surface area (Å²) in [6, 6.07) is 8.71. The second-order valence-corrected chi connectivity index (χ2v) is 1.34. The van der Waals surface area contributed by atoms with Gasteiger partial charge in [0.2, 0.25) is 0 Å². The standard InChI is InChI=1S/C6H6O.2C2H4/c7-6-4-2-1-3-5-6;2*1-2/h1-5,7H;2*1-2H2. The fourth-order valence-corrected chi connectivity index (χ4v) is 0.428. The van der Waals surface area contributed by atoms with Crippen molar-refractivity contribution in [3.8, 4) is 5.75 Å². The minimum atomic E-state index is 0.322. The minimum Gasteiger partial charge on any atom is -0.508 e. The van der Waals surface area contributed by atoms with E-state index in [1.807, 2.05) is 6.07 Å². The molecule has 1 heteroatoms. The summed E-state index contributed by atoms with van der Waals surface area (Å²) >= 11 is 0. The maximum Gasteiger partial charge on any atom is 0.115 e. The first kappa shape index (κ1) is 12.2. The number of aromatic hydroxyl groups is 1. The Morgan fingerprint density at radius 1 is 0.818 bits per heavy atom. The predicted molar refractivity (Wildman–Crippen MR) is 50.6 cm³/mol. The van der Waals surface area contributed by atoms with Crippen molar-refractivity contribution in [3.63, 3.8) is 0 Å². The summed E-state index contributed by atoms with van der Waals surface area (Å²) in [5.41, 5.74) is 0. The van der Waals surface area contributed by atoms with E-state index < -0.39 is 0 Å². The molecule has 0 unspecified atom stereocenters. The molecular formula is C10H14O. The summed E-state index contributed by atoms with van der Waals surface area (Å²) in [6.07, 6.45) is 0. The van der Waals surface area contributed by atoms with Crippen molar-refractivity contribution in [2.45, 2.75) is 0 Å². The number of phenolic OH excluding ortho intramolecular Hbond substituents is 1. The second-order valence-electron chi connectivity index (χ2n) is 1.34. The molecule has 1 aromatic carbocycles. The fraction of sp³-hybridized carbons (Fsp3) is 0. The van der Waals surface area contributed by atoms with E-state index in [4.69, 9.17) is 5.11 Å². The normalized spacial score (nSPS) is 6.18. The molecule has 0 saturated carbocycles. The monoisotopic (exact) mass is 150 g/mol. The van der Waals surface area contributed by atoms with E-state index in [1.165, 1.54) is 0 Å². The molecular weight excluding hydrogens is 136 g/mol. The lowest BCUT2D eigenvalue weighted by Crippen LogP contribution is -1.56. The van der Waals surface area contributed by atoms with Gasteiger partial charge in [-0.3, -0.25) is 0 Å². The molecule has 11 heavy (non-hydrogen) atoms. The third-order valence-corrected chi connectivity index (χ3v) is 0.756. The quantitative estimate of drug-likeness (QED) is 0.564. The first-order valence-electron chi connectivity index (χ1n) is 3.13. The topological polar surface area (TPSA) is 20.2 Å². The molecule has 0 aliphatic rings. The van der Waals surface area contributed by atoms with Gasteiger partial charge in [0.15, 0.2) is 0 Å². The Balaban J connectivity index is 0. The molecule has 0 aromatic heterocycles. The molecule has 0 saturated heterocycles. The maximum atomic E-state index is 8.63. The SMILES string of the molecule is C=C.C=C.Oc1ccccc1. The highest BCUT2D eigenvalue weighted by Crippen LogP contribution is 2.02. The number of para-hydroxylation sites is 1. The van der Waals surface area contributed by atoms with Gasteiger partial charge in [0, 0.05) is 0 Å². The van der Waals surface area contributed by atoms with Crippen LogP contribution in [-0.2, 0) is 0 Å². The van der Waals surface area contributed by atoms with Crippen molar-refractivity contribution in [1.82, 2.24) is 0 Å². The molecule has 0 radical (unpaired) electrons. The summed E-state index contributed by atoms with van der Waals surface area (Å²) in [6.45, 7) is 12.0. The highest BCUT2D eigenvalue weighted by Gasteiger charge is 1.74. The van der Waals surface area contributed by atoms with Crippen LogP contribution in [0.1, 0.15) is 0 Å². The zero-order valence-corrected chi connectivity index (χ0v) is 6.66. The van der Waals surface area contributed by atoms with Crippen molar-refractivity contribution < 1.29 is 5.11 Å². The van der Waals surface area contributed by atoms with Gasteiger partial charge < -0.3 is 5.11 Å². The van der Waals surface area contributed by atoms with Crippen LogP contribution in [0.15, 0.2) is 56.6 Å². The van der Waals surface area contributed by atoms with E-state index in [0.29, 0.717) is 5.75 Å². The van der Waals surface area contributed by atoms with Crippen LogP contribution in [-0.4, -0.2) is 5.11 Å². The van der Waals surface area contributed by atoms with Crippen molar-refractivity contribution in [2.24, 2.45) is 0 Å². The van der Waals surface area contributed by atoms with Crippen LogP contribution >= 0.6 is 0 Å². The first-order valence-corrected chi connectivity index (χ1v) is 3.13. The van der Waals surface area contributed by atoms with E-state index in [9.17, 15) is 0 Å². The summed E-state index contributed by atoms with van der Waals surface area (Å²) in [4.78, 5) is 0. The first-order chi connectivity index (χ1) is 5.39. The smallest absolute Gasteiger partial charge is 0.115 e. The Morgan fingerprint density at radius 2 is 1.18 bits per heavy atom. The van der Waals surface area contributed by atoms with Gasteiger partial charge in [-0.25, -0.2) is 0 Å². The third kappa shape index (κ3) is 8.50. The van der Waals surface area contributed by atoms with Crippen LogP contribution in [0.2, 0.25) is 0 Å². The third-order valence-electron chi connectivity index (χ3n) is 0.756. The molecule has 1 aromatic rings. The van der Waals surface area contributed by atoms with E-state index >= 15 is 0 Å². The molecule has 1 N–H and O–H groups in total. The van der Waals surface area contributed by atoms with Gasteiger partial charge in [-0.05, 0) is 12.1 Å². The Hall–Kier alpha value is -1.50. The highest BCUT2D eigenvalue weighted by molar-refractivity contribution is 5.18. The molecule has 1 nitrogen and oxygen atoms in total. The van der Waals surface area contributed by atoms with Gasteiger partial charge in [-0.1, -0.05) is 18.2 Å². The lowest BCUT2D eigenvalue weighted by Gasteiger charge is -1.82. The van der Waals surface area contributed by atoms with Gasteiger partial charge in [0.1, 0.15) is 5.75 Å². The molecule has 0 bridgehead atoms. The Kier molecular flexibility index (Phi) is 12.6. The van der Waals surface area contributed by atoms with Gasteiger partial charge >= 0.3 is 0 Å². The largest absolute Gasteiger partial charge is 0.508 e. The Labute approximate surface area is 68.3 Å². The van der Waals surface area contributed by atoms with Gasteiger partial charge in [-0.15, -0.1) is 26.3 Å². The Morgan fingerprint density at radius 3 is 1.36 bits per heavy atom. The summed E-state index contributed by atoms with van der Waals surface area (Å²) in [7, 11) is 0. The zero-order valence-electron chi connectivity index (χ0n) is 6.66. The average Bonchev–Trinajstić information content (AvgIpc) is 2.13. The zero-order chi connectivity index (χ0) is 9.11. The molecule has 0 spiro atoms. The minimum absolute atomic E-state index is 0.322. The second kappa shape index (κ2) is 11.3. The van der Waals surface area contributed by atoms with Crippen molar-refractivity contribution >= 4 is 0 Å². The van der Waals surface area contributed by atoms with Crippen LogP contribution in [0.4, 0.5) is 0 Å². The number of hydrogen-bond acceptors (Lipinski definition) is 1. The highest BCUT2D eigenvalue weighted by atomic mass is 16.3. The molecule has 0 amide bonds. The fourth-order valence-electron chi connectivity index (χ4n) is 0.428. The number of rotatable bonds is 0. The Bertz CT molecular complexity index is 156. The summed E-state index contributed by atoms with van der Waals surface area (Å²) in [5.74, 6) is 0.322. The van der Waals surface area contributed by atoms with Crippen LogP contribution in [0.25, 0.3) is 0 Å².